The largest absolute Gasteiger partial charge is 0.340 e. The van der Waals surface area contributed by atoms with E-state index in [1.165, 1.54) is 10.6 Å². The van der Waals surface area contributed by atoms with Gasteiger partial charge in [-0.1, -0.05) is 6.92 Å². The van der Waals surface area contributed by atoms with Gasteiger partial charge in [0.15, 0.2) is 0 Å². The first-order valence-corrected chi connectivity index (χ1v) is 7.62. The van der Waals surface area contributed by atoms with Crippen molar-refractivity contribution in [2.45, 2.75) is 13.3 Å². The van der Waals surface area contributed by atoms with E-state index in [1.54, 1.807) is 4.90 Å². The lowest BCUT2D eigenvalue weighted by molar-refractivity contribution is -0.133. The predicted octanol–water partition coefficient (Wildman–Crippen LogP) is -0.925. The molecule has 0 aliphatic carbocycles. The molecule has 100 valence electrons. The lowest BCUT2D eigenvalue weighted by atomic mass is 10.1. The van der Waals surface area contributed by atoms with Crippen LogP contribution in [0.15, 0.2) is 0 Å². The summed E-state index contributed by atoms with van der Waals surface area (Å²) in [6, 6.07) is 0. The molecule has 1 heterocycles. The van der Waals surface area contributed by atoms with Crippen LogP contribution >= 0.6 is 0 Å². The molecule has 0 aromatic heterocycles. The molecule has 0 aromatic carbocycles. The quantitative estimate of drug-likeness (QED) is 0.710. The van der Waals surface area contributed by atoms with Gasteiger partial charge in [-0.2, -0.15) is 4.31 Å². The van der Waals surface area contributed by atoms with Crippen molar-refractivity contribution < 1.29 is 13.2 Å². The third-order valence-electron chi connectivity index (χ3n) is 2.99. The molecule has 1 aliphatic rings. The molecule has 1 aliphatic heterocycles. The molecule has 0 aromatic rings. The number of rotatable bonds is 4. The van der Waals surface area contributed by atoms with E-state index in [0.29, 0.717) is 39.1 Å². The van der Waals surface area contributed by atoms with Gasteiger partial charge < -0.3 is 10.6 Å². The molecule has 2 N–H and O–H groups in total. The number of carbonyl (C=O) groups excluding carboxylic acids is 1. The third-order valence-corrected chi connectivity index (χ3v) is 4.29. The molecule has 1 amide bonds. The fraction of sp³-hybridized carbons (Fsp3) is 0.900. The fourth-order valence-electron chi connectivity index (χ4n) is 1.78. The van der Waals surface area contributed by atoms with E-state index in [2.05, 4.69) is 0 Å². The Morgan fingerprint density at radius 3 is 2.24 bits per heavy atom. The maximum Gasteiger partial charge on any atom is 0.222 e. The Balaban J connectivity index is 2.44. The van der Waals surface area contributed by atoms with E-state index in [9.17, 15) is 13.2 Å². The minimum absolute atomic E-state index is 0.0658. The topological polar surface area (TPSA) is 83.7 Å². The Morgan fingerprint density at radius 2 is 1.82 bits per heavy atom. The minimum Gasteiger partial charge on any atom is -0.340 e. The van der Waals surface area contributed by atoms with Crippen LogP contribution in [0.3, 0.4) is 0 Å². The van der Waals surface area contributed by atoms with Crippen LogP contribution in [-0.4, -0.2) is 62.5 Å². The Hall–Kier alpha value is -0.660. The number of piperazine rings is 1. The molecule has 1 unspecified atom stereocenters. The number of amides is 1. The molecule has 1 atom stereocenters. The van der Waals surface area contributed by atoms with Gasteiger partial charge in [0.1, 0.15) is 0 Å². The highest BCUT2D eigenvalue weighted by molar-refractivity contribution is 7.88. The number of nitrogens with zero attached hydrogens (tertiary/aromatic N) is 2. The average Bonchev–Trinajstić information content (AvgIpc) is 2.27. The van der Waals surface area contributed by atoms with Crippen LogP contribution in [0.2, 0.25) is 0 Å². The van der Waals surface area contributed by atoms with Crippen molar-refractivity contribution in [1.82, 2.24) is 9.21 Å². The monoisotopic (exact) mass is 263 g/mol. The van der Waals surface area contributed by atoms with Crippen molar-refractivity contribution in [1.29, 1.82) is 0 Å². The summed E-state index contributed by atoms with van der Waals surface area (Å²) in [6.07, 6.45) is 1.64. The zero-order valence-corrected chi connectivity index (χ0v) is 11.2. The molecule has 0 spiro atoms. The van der Waals surface area contributed by atoms with Crippen molar-refractivity contribution in [3.63, 3.8) is 0 Å². The van der Waals surface area contributed by atoms with Gasteiger partial charge in [-0.15, -0.1) is 0 Å². The zero-order chi connectivity index (χ0) is 13.1. The number of hydrogen-bond donors (Lipinski definition) is 1. The highest BCUT2D eigenvalue weighted by atomic mass is 32.2. The van der Waals surface area contributed by atoms with E-state index < -0.39 is 10.0 Å². The lowest BCUT2D eigenvalue weighted by Crippen LogP contribution is -2.50. The maximum atomic E-state index is 11.8. The summed E-state index contributed by atoms with van der Waals surface area (Å²) in [6.45, 7) is 4.16. The molecule has 6 nitrogen and oxygen atoms in total. The van der Waals surface area contributed by atoms with Gasteiger partial charge in [-0.3, -0.25) is 4.79 Å². The molecule has 0 saturated carbocycles. The van der Waals surface area contributed by atoms with Crippen molar-refractivity contribution >= 4 is 15.9 Å². The van der Waals surface area contributed by atoms with Crippen molar-refractivity contribution in [3.05, 3.63) is 0 Å². The number of sulfonamides is 1. The number of nitrogens with two attached hydrogens (primary N) is 1. The first-order valence-electron chi connectivity index (χ1n) is 5.77. The van der Waals surface area contributed by atoms with Gasteiger partial charge in [0.05, 0.1) is 6.26 Å². The summed E-state index contributed by atoms with van der Waals surface area (Å²) >= 11 is 0. The van der Waals surface area contributed by atoms with Gasteiger partial charge in [0, 0.05) is 32.6 Å². The molecule has 0 bridgehead atoms. The van der Waals surface area contributed by atoms with Crippen LogP contribution in [0.25, 0.3) is 0 Å². The molecule has 1 saturated heterocycles. The summed E-state index contributed by atoms with van der Waals surface area (Å²) < 4.78 is 24.0. The van der Waals surface area contributed by atoms with Crippen LogP contribution in [0.1, 0.15) is 13.3 Å². The molecule has 17 heavy (non-hydrogen) atoms. The van der Waals surface area contributed by atoms with Crippen LogP contribution in [0.5, 0.6) is 0 Å². The summed E-state index contributed by atoms with van der Waals surface area (Å²) in [5.74, 6) is 0.242. The fourth-order valence-corrected chi connectivity index (χ4v) is 2.61. The first kappa shape index (κ1) is 14.4. The van der Waals surface area contributed by atoms with Crippen molar-refractivity contribution in [2.24, 2.45) is 11.7 Å². The maximum absolute atomic E-state index is 11.8. The molecule has 7 heteroatoms. The van der Waals surface area contributed by atoms with Crippen molar-refractivity contribution in [3.8, 4) is 0 Å². The van der Waals surface area contributed by atoms with E-state index in [0.717, 1.165) is 0 Å². The van der Waals surface area contributed by atoms with Gasteiger partial charge in [-0.25, -0.2) is 8.42 Å². The molecule has 1 rings (SSSR count). The molecule has 1 fully saturated rings. The standard InChI is InChI=1S/C10H21N3O3S/c1-9(8-11)7-10(14)12-3-5-13(6-4-12)17(2,15)16/h9H,3-8,11H2,1-2H3. The van der Waals surface area contributed by atoms with E-state index in [4.69, 9.17) is 5.73 Å². The molecular weight excluding hydrogens is 242 g/mol. The van der Waals surface area contributed by atoms with Crippen LogP contribution in [-0.2, 0) is 14.8 Å². The Labute approximate surface area is 103 Å². The second kappa shape index (κ2) is 5.79. The van der Waals surface area contributed by atoms with Crippen LogP contribution < -0.4 is 5.73 Å². The average molecular weight is 263 g/mol. The van der Waals surface area contributed by atoms with Gasteiger partial charge in [0.2, 0.25) is 15.9 Å². The highest BCUT2D eigenvalue weighted by Gasteiger charge is 2.26. The Morgan fingerprint density at radius 1 is 1.29 bits per heavy atom. The van der Waals surface area contributed by atoms with E-state index >= 15 is 0 Å². The van der Waals surface area contributed by atoms with Gasteiger partial charge >= 0.3 is 0 Å². The summed E-state index contributed by atoms with van der Waals surface area (Å²) in [4.78, 5) is 13.5. The predicted molar refractivity (Wildman–Crippen MR) is 65.8 cm³/mol. The molecular formula is C10H21N3O3S. The second-order valence-corrected chi connectivity index (χ2v) is 6.57. The van der Waals surface area contributed by atoms with Gasteiger partial charge in [0.25, 0.3) is 0 Å². The second-order valence-electron chi connectivity index (χ2n) is 4.59. The highest BCUT2D eigenvalue weighted by Crippen LogP contribution is 2.09. The zero-order valence-electron chi connectivity index (χ0n) is 10.4. The SMILES string of the molecule is CC(CN)CC(=O)N1CCN(S(C)(=O)=O)CC1. The number of carbonyl (C=O) groups is 1. The Kier molecular flexibility index (Phi) is 4.91. The first-order chi connectivity index (χ1) is 7.84. The van der Waals surface area contributed by atoms with E-state index in [1.807, 2.05) is 6.92 Å². The Bertz CT molecular complexity index is 361. The smallest absolute Gasteiger partial charge is 0.222 e. The summed E-state index contributed by atoms with van der Waals surface area (Å²) in [7, 11) is -3.13. The molecule has 0 radical (unpaired) electrons. The third kappa shape index (κ3) is 4.25. The minimum atomic E-state index is -3.13. The normalized spacial score (nSPS) is 20.3. The summed E-state index contributed by atoms with van der Waals surface area (Å²) in [5, 5.41) is 0. The van der Waals surface area contributed by atoms with Crippen LogP contribution in [0.4, 0.5) is 0 Å². The van der Waals surface area contributed by atoms with Gasteiger partial charge in [-0.05, 0) is 12.5 Å². The lowest BCUT2D eigenvalue weighted by Gasteiger charge is -2.33. The van der Waals surface area contributed by atoms with E-state index in [-0.39, 0.29) is 11.8 Å². The van der Waals surface area contributed by atoms with Crippen molar-refractivity contribution in [2.75, 3.05) is 39.0 Å². The van der Waals surface area contributed by atoms with Crippen LogP contribution in [0, 0.1) is 5.92 Å². The number of hydrogen-bond acceptors (Lipinski definition) is 4. The summed E-state index contributed by atoms with van der Waals surface area (Å²) in [5.41, 5.74) is 5.47.